The summed E-state index contributed by atoms with van der Waals surface area (Å²) in [4.78, 5) is 35.1. The van der Waals surface area contributed by atoms with E-state index in [1.54, 1.807) is 0 Å². The average Bonchev–Trinajstić information content (AvgIpc) is 2.92. The number of hydrogen-bond acceptors (Lipinski definition) is 6. The molecule has 0 aromatic heterocycles. The molecule has 4 aliphatic rings. The molecule has 0 heterocycles. The second kappa shape index (κ2) is 7.93. The third kappa shape index (κ3) is 3.80. The maximum Gasteiger partial charge on any atom is 0.303 e. The van der Waals surface area contributed by atoms with Crippen LogP contribution in [0.15, 0.2) is 11.6 Å². The molecule has 3 saturated carbocycles. The molecule has 0 aromatic rings. The van der Waals surface area contributed by atoms with Crippen molar-refractivity contribution in [1.29, 1.82) is 0 Å². The van der Waals surface area contributed by atoms with Gasteiger partial charge in [-0.1, -0.05) is 25.5 Å². The third-order valence-electron chi connectivity index (χ3n) is 8.91. The van der Waals surface area contributed by atoms with Crippen molar-refractivity contribution in [1.82, 2.24) is 0 Å². The Morgan fingerprint density at radius 2 is 1.58 bits per heavy atom. The number of carbonyl (C=O) groups excluding carboxylic acids is 3. The zero-order valence-corrected chi connectivity index (χ0v) is 19.4. The second-order valence-corrected chi connectivity index (χ2v) is 10.7. The molecule has 8 atom stereocenters. The van der Waals surface area contributed by atoms with Gasteiger partial charge in [0.1, 0.15) is 18.3 Å². The van der Waals surface area contributed by atoms with Gasteiger partial charge in [-0.05, 0) is 61.7 Å². The van der Waals surface area contributed by atoms with Gasteiger partial charge in [0.2, 0.25) is 0 Å². The first kappa shape index (κ1) is 22.3. The Labute approximate surface area is 185 Å². The lowest BCUT2D eigenvalue weighted by atomic mass is 9.48. The van der Waals surface area contributed by atoms with Crippen molar-refractivity contribution in [3.8, 4) is 0 Å². The standard InChI is InChI=1S/C25H36O6/c1-14(26)29-18-8-10-24(4)17(12-18)6-7-19-20(24)9-11-25(5)21(19)13-22(30-15(2)27)23(25)31-16(3)28/h6,18-23H,7-13H2,1-5H3/t18-,19+,20-,21+,22-,23+,24+,25+/m1/s1. The normalized spacial score (nSPS) is 43.6. The van der Waals surface area contributed by atoms with Crippen LogP contribution in [-0.4, -0.2) is 36.2 Å². The molecule has 0 N–H and O–H groups in total. The molecule has 0 radical (unpaired) electrons. The van der Waals surface area contributed by atoms with Gasteiger partial charge in [0.15, 0.2) is 0 Å². The zero-order valence-electron chi connectivity index (χ0n) is 19.4. The lowest BCUT2D eigenvalue weighted by molar-refractivity contribution is -0.172. The molecule has 0 amide bonds. The zero-order chi connectivity index (χ0) is 22.6. The van der Waals surface area contributed by atoms with Gasteiger partial charge in [-0.3, -0.25) is 14.4 Å². The molecule has 3 fully saturated rings. The SMILES string of the molecule is CC(=O)O[C@@H]1CC[C@@]2(C)C(=CC[C@H]3[C@H]2CC[C@@]2(C)[C@H]3C[C@@H](OC(C)=O)[C@@H]2OC(C)=O)C1. The number of hydrogen-bond donors (Lipinski definition) is 0. The highest BCUT2D eigenvalue weighted by Gasteiger charge is 2.63. The van der Waals surface area contributed by atoms with Crippen LogP contribution in [0.25, 0.3) is 0 Å². The Balaban J connectivity index is 1.60. The fourth-order valence-electron chi connectivity index (χ4n) is 7.62. The summed E-state index contributed by atoms with van der Waals surface area (Å²) >= 11 is 0. The minimum atomic E-state index is -0.377. The predicted molar refractivity (Wildman–Crippen MR) is 114 cm³/mol. The molecule has 0 aliphatic heterocycles. The Hall–Kier alpha value is -1.85. The maximum atomic E-state index is 11.9. The topological polar surface area (TPSA) is 78.9 Å². The smallest absolute Gasteiger partial charge is 0.303 e. The molecule has 0 unspecified atom stereocenters. The van der Waals surface area contributed by atoms with Crippen LogP contribution in [0.3, 0.4) is 0 Å². The van der Waals surface area contributed by atoms with Crippen LogP contribution in [0.2, 0.25) is 0 Å². The van der Waals surface area contributed by atoms with Gasteiger partial charge in [-0.15, -0.1) is 0 Å². The quantitative estimate of drug-likeness (QED) is 0.375. The van der Waals surface area contributed by atoms with Crippen molar-refractivity contribution in [2.24, 2.45) is 28.6 Å². The molecule has 31 heavy (non-hydrogen) atoms. The van der Waals surface area contributed by atoms with Gasteiger partial charge in [0.25, 0.3) is 0 Å². The van der Waals surface area contributed by atoms with Crippen molar-refractivity contribution in [3.05, 3.63) is 11.6 Å². The maximum absolute atomic E-state index is 11.9. The highest BCUT2D eigenvalue weighted by Crippen LogP contribution is 2.65. The average molecular weight is 433 g/mol. The van der Waals surface area contributed by atoms with Crippen LogP contribution in [-0.2, 0) is 28.6 Å². The van der Waals surface area contributed by atoms with E-state index >= 15 is 0 Å². The predicted octanol–water partition coefficient (Wildman–Crippen LogP) is 4.35. The van der Waals surface area contributed by atoms with Gasteiger partial charge in [-0.25, -0.2) is 0 Å². The summed E-state index contributed by atoms with van der Waals surface area (Å²) < 4.78 is 17.0. The summed E-state index contributed by atoms with van der Waals surface area (Å²) in [5.41, 5.74) is 1.39. The van der Waals surface area contributed by atoms with Gasteiger partial charge in [0.05, 0.1) is 0 Å². The molecule has 0 saturated heterocycles. The Morgan fingerprint density at radius 3 is 2.23 bits per heavy atom. The van der Waals surface area contributed by atoms with Crippen molar-refractivity contribution in [2.75, 3.05) is 0 Å². The highest BCUT2D eigenvalue weighted by molar-refractivity contribution is 5.67. The van der Waals surface area contributed by atoms with Crippen LogP contribution < -0.4 is 0 Å². The minimum Gasteiger partial charge on any atom is -0.462 e. The van der Waals surface area contributed by atoms with E-state index < -0.39 is 0 Å². The van der Waals surface area contributed by atoms with Gasteiger partial charge in [-0.2, -0.15) is 0 Å². The number of rotatable bonds is 3. The third-order valence-corrected chi connectivity index (χ3v) is 8.91. The monoisotopic (exact) mass is 432 g/mol. The van der Waals surface area contributed by atoms with Crippen molar-refractivity contribution < 1.29 is 28.6 Å². The number of carbonyl (C=O) groups is 3. The molecule has 0 aromatic carbocycles. The second-order valence-electron chi connectivity index (χ2n) is 10.7. The molecular formula is C25H36O6. The Kier molecular flexibility index (Phi) is 5.72. The van der Waals surface area contributed by atoms with Gasteiger partial charge >= 0.3 is 17.9 Å². The van der Waals surface area contributed by atoms with Crippen molar-refractivity contribution in [3.63, 3.8) is 0 Å². The van der Waals surface area contributed by atoms with E-state index in [1.165, 1.54) is 26.3 Å². The summed E-state index contributed by atoms with van der Waals surface area (Å²) in [6.45, 7) is 8.97. The summed E-state index contributed by atoms with van der Waals surface area (Å²) in [6, 6.07) is 0. The number of allylic oxidation sites excluding steroid dienone is 1. The molecule has 6 nitrogen and oxygen atoms in total. The molecular weight excluding hydrogens is 396 g/mol. The van der Waals surface area contributed by atoms with E-state index in [0.717, 1.165) is 44.9 Å². The fraction of sp³-hybridized carbons (Fsp3) is 0.800. The van der Waals surface area contributed by atoms with Crippen LogP contribution in [0.4, 0.5) is 0 Å². The van der Waals surface area contributed by atoms with Crippen molar-refractivity contribution in [2.45, 2.75) is 97.9 Å². The minimum absolute atomic E-state index is 0.00425. The molecule has 0 spiro atoms. The number of ether oxygens (including phenoxy) is 3. The van der Waals surface area contributed by atoms with E-state index in [2.05, 4.69) is 19.9 Å². The first-order valence-electron chi connectivity index (χ1n) is 11.8. The first-order chi connectivity index (χ1) is 14.5. The van der Waals surface area contributed by atoms with Gasteiger partial charge in [0, 0.05) is 32.6 Å². The largest absolute Gasteiger partial charge is 0.462 e. The number of esters is 3. The summed E-state index contributed by atoms with van der Waals surface area (Å²) in [7, 11) is 0. The Bertz CT molecular complexity index is 802. The first-order valence-corrected chi connectivity index (χ1v) is 11.8. The van der Waals surface area contributed by atoms with Gasteiger partial charge < -0.3 is 14.2 Å². The summed E-state index contributed by atoms with van der Waals surface area (Å²) in [5.74, 6) is 0.556. The van der Waals surface area contributed by atoms with Crippen molar-refractivity contribution >= 4 is 17.9 Å². The molecule has 4 aliphatic carbocycles. The Morgan fingerprint density at radius 1 is 0.903 bits per heavy atom. The van der Waals surface area contributed by atoms with E-state index in [4.69, 9.17) is 14.2 Å². The van der Waals surface area contributed by atoms with E-state index in [9.17, 15) is 14.4 Å². The number of fused-ring (bicyclic) bond motifs is 5. The lowest BCUT2D eigenvalue weighted by Gasteiger charge is -2.57. The van der Waals surface area contributed by atoms with Crippen LogP contribution in [0.1, 0.15) is 79.6 Å². The fourth-order valence-corrected chi connectivity index (χ4v) is 7.62. The highest BCUT2D eigenvalue weighted by atomic mass is 16.6. The van der Waals surface area contributed by atoms with E-state index in [1.807, 2.05) is 0 Å². The molecule has 172 valence electrons. The summed E-state index contributed by atoms with van der Waals surface area (Å²) in [6.07, 6.45) is 8.20. The lowest BCUT2D eigenvalue weighted by Crippen LogP contribution is -2.52. The van der Waals surface area contributed by atoms with Crippen LogP contribution in [0.5, 0.6) is 0 Å². The van der Waals surface area contributed by atoms with Crippen LogP contribution >= 0.6 is 0 Å². The van der Waals surface area contributed by atoms with Crippen LogP contribution in [0, 0.1) is 28.6 Å². The molecule has 0 bridgehead atoms. The van der Waals surface area contributed by atoms with E-state index in [-0.39, 0.29) is 47.0 Å². The molecule has 4 rings (SSSR count). The summed E-state index contributed by atoms with van der Waals surface area (Å²) in [5, 5.41) is 0. The molecule has 6 heteroatoms. The van der Waals surface area contributed by atoms with E-state index in [0.29, 0.717) is 17.8 Å².